The topological polar surface area (TPSA) is 66.5 Å². The van der Waals surface area contributed by atoms with Crippen molar-refractivity contribution < 1.29 is 14.4 Å². The molecule has 1 saturated heterocycles. The number of amides is 3. The molecule has 1 aliphatic heterocycles. The van der Waals surface area contributed by atoms with Crippen LogP contribution in [0, 0.1) is 0 Å². The van der Waals surface area contributed by atoms with E-state index in [9.17, 15) is 14.4 Å². The molecule has 0 saturated carbocycles. The van der Waals surface area contributed by atoms with Crippen molar-refractivity contribution in [2.24, 2.45) is 0 Å². The van der Waals surface area contributed by atoms with Crippen molar-refractivity contribution >= 4 is 29.3 Å². The third-order valence-corrected chi connectivity index (χ3v) is 3.53. The first-order valence-electron chi connectivity index (χ1n) is 6.90. The number of hydrogen-bond acceptors (Lipinski definition) is 3. The molecule has 1 heterocycles. The van der Waals surface area contributed by atoms with Gasteiger partial charge in [-0.3, -0.25) is 19.3 Å². The second-order valence-electron chi connectivity index (χ2n) is 4.95. The van der Waals surface area contributed by atoms with Gasteiger partial charge in [-0.2, -0.15) is 0 Å². The standard InChI is InChI=1S/C15H17ClN2O3/c16-12-4-1-3-11(9-12)10-13(19)17-7-8-18-14(20)5-2-6-15(18)21/h1,3-4,9H,2,5-8,10H2,(H,17,19). The summed E-state index contributed by atoms with van der Waals surface area (Å²) in [5.41, 5.74) is 0.824. The zero-order valence-corrected chi connectivity index (χ0v) is 12.4. The fourth-order valence-corrected chi connectivity index (χ4v) is 2.46. The lowest BCUT2D eigenvalue weighted by Gasteiger charge is -2.24. The highest BCUT2D eigenvalue weighted by Gasteiger charge is 2.25. The van der Waals surface area contributed by atoms with E-state index in [1.807, 2.05) is 6.07 Å². The highest BCUT2D eigenvalue weighted by Crippen LogP contribution is 2.12. The summed E-state index contributed by atoms with van der Waals surface area (Å²) in [6, 6.07) is 7.09. The van der Waals surface area contributed by atoms with Crippen LogP contribution >= 0.6 is 11.6 Å². The number of piperidine rings is 1. The second kappa shape index (κ2) is 7.22. The number of halogens is 1. The van der Waals surface area contributed by atoms with Crippen molar-refractivity contribution in [2.75, 3.05) is 13.1 Å². The Balaban J connectivity index is 1.76. The molecule has 6 heteroatoms. The van der Waals surface area contributed by atoms with Crippen molar-refractivity contribution in [1.29, 1.82) is 0 Å². The normalized spacial score (nSPS) is 15.2. The molecular weight excluding hydrogens is 292 g/mol. The van der Waals surface area contributed by atoms with Crippen molar-refractivity contribution in [3.8, 4) is 0 Å². The number of carbonyl (C=O) groups is 3. The van der Waals surface area contributed by atoms with Gasteiger partial charge in [-0.05, 0) is 24.1 Å². The Morgan fingerprint density at radius 2 is 1.95 bits per heavy atom. The SMILES string of the molecule is O=C(Cc1cccc(Cl)c1)NCCN1C(=O)CCCC1=O. The van der Waals surface area contributed by atoms with Crippen LogP contribution in [-0.2, 0) is 20.8 Å². The van der Waals surface area contributed by atoms with Gasteiger partial charge in [0.05, 0.1) is 6.42 Å². The van der Waals surface area contributed by atoms with Gasteiger partial charge in [0.15, 0.2) is 0 Å². The molecule has 1 N–H and O–H groups in total. The monoisotopic (exact) mass is 308 g/mol. The van der Waals surface area contributed by atoms with Crippen molar-refractivity contribution in [3.63, 3.8) is 0 Å². The molecule has 21 heavy (non-hydrogen) atoms. The smallest absolute Gasteiger partial charge is 0.229 e. The lowest BCUT2D eigenvalue weighted by molar-refractivity contribution is -0.148. The molecule has 0 aliphatic carbocycles. The molecule has 0 atom stereocenters. The summed E-state index contributed by atoms with van der Waals surface area (Å²) in [7, 11) is 0. The van der Waals surface area contributed by atoms with Crippen LogP contribution in [0.25, 0.3) is 0 Å². The van der Waals surface area contributed by atoms with E-state index in [4.69, 9.17) is 11.6 Å². The summed E-state index contributed by atoms with van der Waals surface area (Å²) >= 11 is 5.85. The van der Waals surface area contributed by atoms with Crippen molar-refractivity contribution in [1.82, 2.24) is 10.2 Å². The van der Waals surface area contributed by atoms with Crippen molar-refractivity contribution in [3.05, 3.63) is 34.9 Å². The second-order valence-corrected chi connectivity index (χ2v) is 5.39. The van der Waals surface area contributed by atoms with E-state index in [-0.39, 0.29) is 37.2 Å². The zero-order chi connectivity index (χ0) is 15.2. The van der Waals surface area contributed by atoms with Gasteiger partial charge < -0.3 is 5.32 Å². The Bertz CT molecular complexity index is 544. The van der Waals surface area contributed by atoms with E-state index in [2.05, 4.69) is 5.32 Å². The number of rotatable bonds is 5. The fourth-order valence-electron chi connectivity index (χ4n) is 2.25. The number of likely N-dealkylation sites (tertiary alicyclic amines) is 1. The molecule has 0 unspecified atom stereocenters. The Labute approximate surface area is 128 Å². The Kier molecular flexibility index (Phi) is 5.33. The van der Waals surface area contributed by atoms with Gasteiger partial charge >= 0.3 is 0 Å². The summed E-state index contributed by atoms with van der Waals surface area (Å²) < 4.78 is 0. The van der Waals surface area contributed by atoms with Gasteiger partial charge in [0.25, 0.3) is 0 Å². The van der Waals surface area contributed by atoms with Crippen LogP contribution in [0.1, 0.15) is 24.8 Å². The van der Waals surface area contributed by atoms with Gasteiger partial charge in [-0.25, -0.2) is 0 Å². The van der Waals surface area contributed by atoms with Gasteiger partial charge in [0.1, 0.15) is 0 Å². The van der Waals surface area contributed by atoms with Crippen LogP contribution in [0.2, 0.25) is 5.02 Å². The molecule has 1 aromatic carbocycles. The average molecular weight is 309 g/mol. The maximum Gasteiger partial charge on any atom is 0.229 e. The lowest BCUT2D eigenvalue weighted by Crippen LogP contribution is -2.44. The van der Waals surface area contributed by atoms with Crippen LogP contribution < -0.4 is 5.32 Å². The van der Waals surface area contributed by atoms with Crippen LogP contribution in [0.3, 0.4) is 0 Å². The number of carbonyl (C=O) groups excluding carboxylic acids is 3. The van der Waals surface area contributed by atoms with E-state index < -0.39 is 0 Å². The van der Waals surface area contributed by atoms with Crippen LogP contribution in [-0.4, -0.2) is 35.7 Å². The summed E-state index contributed by atoms with van der Waals surface area (Å²) in [6.45, 7) is 0.510. The average Bonchev–Trinajstić information content (AvgIpc) is 2.42. The van der Waals surface area contributed by atoms with E-state index in [0.29, 0.717) is 24.3 Å². The summed E-state index contributed by atoms with van der Waals surface area (Å²) in [6.07, 6.45) is 1.65. The quantitative estimate of drug-likeness (QED) is 0.839. The number of benzene rings is 1. The predicted molar refractivity (Wildman–Crippen MR) is 78.7 cm³/mol. The maximum atomic E-state index is 11.8. The minimum absolute atomic E-state index is 0.157. The highest BCUT2D eigenvalue weighted by molar-refractivity contribution is 6.30. The third-order valence-electron chi connectivity index (χ3n) is 3.29. The van der Waals surface area contributed by atoms with E-state index in [1.165, 1.54) is 4.90 Å². The number of imide groups is 1. The summed E-state index contributed by atoms with van der Waals surface area (Å²) in [4.78, 5) is 36.2. The predicted octanol–water partition coefficient (Wildman–Crippen LogP) is 1.54. The van der Waals surface area contributed by atoms with Crippen LogP contribution in [0.5, 0.6) is 0 Å². The highest BCUT2D eigenvalue weighted by atomic mass is 35.5. The third kappa shape index (κ3) is 4.56. The van der Waals surface area contributed by atoms with Gasteiger partial charge in [-0.1, -0.05) is 23.7 Å². The minimum atomic E-state index is -0.158. The number of nitrogens with one attached hydrogen (secondary N) is 1. The van der Waals surface area contributed by atoms with Crippen LogP contribution in [0.4, 0.5) is 0 Å². The van der Waals surface area contributed by atoms with E-state index in [1.54, 1.807) is 18.2 Å². The Morgan fingerprint density at radius 1 is 1.24 bits per heavy atom. The largest absolute Gasteiger partial charge is 0.354 e. The molecule has 112 valence electrons. The first-order chi connectivity index (χ1) is 10.1. The van der Waals surface area contributed by atoms with E-state index >= 15 is 0 Å². The van der Waals surface area contributed by atoms with Gasteiger partial charge in [0.2, 0.25) is 17.7 Å². The lowest BCUT2D eigenvalue weighted by atomic mass is 10.1. The number of hydrogen-bond donors (Lipinski definition) is 1. The van der Waals surface area contributed by atoms with Gasteiger partial charge in [0, 0.05) is 31.0 Å². The molecule has 5 nitrogen and oxygen atoms in total. The Hall–Kier alpha value is -1.88. The number of nitrogens with zero attached hydrogens (tertiary/aromatic N) is 1. The molecule has 0 radical (unpaired) electrons. The molecule has 1 aliphatic rings. The molecule has 0 aromatic heterocycles. The zero-order valence-electron chi connectivity index (χ0n) is 11.6. The maximum absolute atomic E-state index is 11.8. The summed E-state index contributed by atoms with van der Waals surface area (Å²) in [5.74, 6) is -0.472. The molecule has 0 spiro atoms. The van der Waals surface area contributed by atoms with E-state index in [0.717, 1.165) is 5.56 Å². The molecule has 3 amide bonds. The first-order valence-corrected chi connectivity index (χ1v) is 7.28. The first kappa shape index (κ1) is 15.5. The van der Waals surface area contributed by atoms with Gasteiger partial charge in [-0.15, -0.1) is 0 Å². The Morgan fingerprint density at radius 3 is 2.62 bits per heavy atom. The van der Waals surface area contributed by atoms with Crippen LogP contribution in [0.15, 0.2) is 24.3 Å². The molecule has 2 rings (SSSR count). The van der Waals surface area contributed by atoms with Crippen molar-refractivity contribution in [2.45, 2.75) is 25.7 Å². The molecule has 0 bridgehead atoms. The molecule has 1 fully saturated rings. The summed E-state index contributed by atoms with van der Waals surface area (Å²) in [5, 5.41) is 3.30. The fraction of sp³-hybridized carbons (Fsp3) is 0.400. The molecule has 1 aromatic rings. The minimum Gasteiger partial charge on any atom is -0.354 e. The molecular formula is C15H17ClN2O3.